The normalized spacial score (nSPS) is 10.6. The van der Waals surface area contributed by atoms with Gasteiger partial charge >= 0.3 is 0 Å². The molecule has 0 spiro atoms. The zero-order valence-corrected chi connectivity index (χ0v) is 12.4. The second-order valence-corrected chi connectivity index (χ2v) is 5.52. The van der Waals surface area contributed by atoms with Crippen LogP contribution in [0.5, 0.6) is 0 Å². The standard InChI is InChI=1S/C14H13N5OS/c1-9-11(7-17-19(9)2)18-13(20)12-8-16-14(21-12)10-3-5-15-6-4-10/h3-8H,1-2H3,(H,18,20). The Hall–Kier alpha value is -2.54. The van der Waals surface area contributed by atoms with Crippen molar-refractivity contribution in [1.82, 2.24) is 19.7 Å². The van der Waals surface area contributed by atoms with E-state index in [0.29, 0.717) is 10.6 Å². The van der Waals surface area contributed by atoms with E-state index >= 15 is 0 Å². The third kappa shape index (κ3) is 2.68. The van der Waals surface area contributed by atoms with Crippen LogP contribution < -0.4 is 5.32 Å². The van der Waals surface area contributed by atoms with Crippen molar-refractivity contribution in [3.8, 4) is 10.6 Å². The summed E-state index contributed by atoms with van der Waals surface area (Å²) in [6.07, 6.45) is 6.63. The Morgan fingerprint density at radius 3 is 2.71 bits per heavy atom. The first kappa shape index (κ1) is 13.4. The van der Waals surface area contributed by atoms with Crippen molar-refractivity contribution in [2.75, 3.05) is 5.32 Å². The number of carbonyl (C=O) groups excluding carboxylic acids is 1. The van der Waals surface area contributed by atoms with Crippen molar-refractivity contribution in [2.24, 2.45) is 7.05 Å². The van der Waals surface area contributed by atoms with Crippen molar-refractivity contribution >= 4 is 22.9 Å². The van der Waals surface area contributed by atoms with Crippen LogP contribution in [0.1, 0.15) is 15.4 Å². The smallest absolute Gasteiger partial charge is 0.267 e. The summed E-state index contributed by atoms with van der Waals surface area (Å²) in [5.74, 6) is -0.177. The SMILES string of the molecule is Cc1c(NC(=O)c2cnc(-c3ccncc3)s2)cnn1C. The van der Waals surface area contributed by atoms with Gasteiger partial charge in [0.25, 0.3) is 5.91 Å². The maximum absolute atomic E-state index is 12.2. The highest BCUT2D eigenvalue weighted by atomic mass is 32.1. The molecule has 0 atom stereocenters. The highest BCUT2D eigenvalue weighted by Crippen LogP contribution is 2.25. The molecule has 0 saturated heterocycles. The Morgan fingerprint density at radius 2 is 2.05 bits per heavy atom. The van der Waals surface area contributed by atoms with E-state index in [-0.39, 0.29) is 5.91 Å². The number of anilines is 1. The zero-order valence-electron chi connectivity index (χ0n) is 11.6. The number of carbonyl (C=O) groups is 1. The molecule has 21 heavy (non-hydrogen) atoms. The largest absolute Gasteiger partial charge is 0.318 e. The molecule has 0 radical (unpaired) electrons. The summed E-state index contributed by atoms with van der Waals surface area (Å²) in [4.78, 5) is 21.0. The summed E-state index contributed by atoms with van der Waals surface area (Å²) >= 11 is 1.35. The lowest BCUT2D eigenvalue weighted by Crippen LogP contribution is -2.10. The molecule has 0 fully saturated rings. The minimum Gasteiger partial charge on any atom is -0.318 e. The average Bonchev–Trinajstić information content (AvgIpc) is 3.11. The minimum atomic E-state index is -0.177. The Bertz CT molecular complexity index is 778. The lowest BCUT2D eigenvalue weighted by atomic mass is 10.3. The van der Waals surface area contributed by atoms with E-state index in [4.69, 9.17) is 0 Å². The number of aryl methyl sites for hydroxylation is 1. The third-order valence-corrected chi connectivity index (χ3v) is 4.19. The molecule has 1 amide bonds. The molecule has 0 bridgehead atoms. The quantitative estimate of drug-likeness (QED) is 0.806. The van der Waals surface area contributed by atoms with Crippen LogP contribution >= 0.6 is 11.3 Å². The molecule has 1 N–H and O–H groups in total. The van der Waals surface area contributed by atoms with Crippen LogP contribution in [0.3, 0.4) is 0 Å². The number of rotatable bonds is 3. The van der Waals surface area contributed by atoms with E-state index in [0.717, 1.165) is 16.3 Å². The van der Waals surface area contributed by atoms with Crippen molar-refractivity contribution in [1.29, 1.82) is 0 Å². The summed E-state index contributed by atoms with van der Waals surface area (Å²) < 4.78 is 1.71. The number of nitrogens with one attached hydrogen (secondary N) is 1. The van der Waals surface area contributed by atoms with Crippen molar-refractivity contribution in [3.63, 3.8) is 0 Å². The van der Waals surface area contributed by atoms with E-state index in [1.807, 2.05) is 26.1 Å². The number of hydrogen-bond acceptors (Lipinski definition) is 5. The summed E-state index contributed by atoms with van der Waals surface area (Å²) in [7, 11) is 1.83. The molecule has 106 valence electrons. The van der Waals surface area contributed by atoms with Gasteiger partial charge in [0.05, 0.1) is 23.8 Å². The summed E-state index contributed by atoms with van der Waals surface area (Å²) in [6, 6.07) is 3.73. The molecule has 3 heterocycles. The van der Waals surface area contributed by atoms with Crippen LogP contribution in [0, 0.1) is 6.92 Å². The summed E-state index contributed by atoms with van der Waals surface area (Å²) in [5, 5.41) is 7.74. The minimum absolute atomic E-state index is 0.177. The van der Waals surface area contributed by atoms with Gasteiger partial charge in [0.2, 0.25) is 0 Å². The second kappa shape index (κ2) is 5.45. The first-order valence-corrected chi connectivity index (χ1v) is 7.13. The molecule has 6 nitrogen and oxygen atoms in total. The number of thiazole rings is 1. The van der Waals surface area contributed by atoms with E-state index in [9.17, 15) is 4.79 Å². The van der Waals surface area contributed by atoms with E-state index in [1.165, 1.54) is 11.3 Å². The molecule has 3 rings (SSSR count). The van der Waals surface area contributed by atoms with Crippen molar-refractivity contribution < 1.29 is 4.79 Å². The van der Waals surface area contributed by atoms with Crippen LogP contribution in [0.25, 0.3) is 10.6 Å². The first-order chi connectivity index (χ1) is 10.1. The fraction of sp³-hybridized carbons (Fsp3) is 0.143. The Balaban J connectivity index is 1.80. The maximum atomic E-state index is 12.2. The lowest BCUT2D eigenvalue weighted by molar-refractivity contribution is 0.103. The number of pyridine rings is 1. The van der Waals surface area contributed by atoms with Crippen LogP contribution in [0.2, 0.25) is 0 Å². The molecule has 0 aliphatic rings. The maximum Gasteiger partial charge on any atom is 0.267 e. The van der Waals surface area contributed by atoms with Gasteiger partial charge in [-0.2, -0.15) is 5.10 Å². The predicted octanol–water partition coefficient (Wildman–Crippen LogP) is 2.50. The van der Waals surface area contributed by atoms with Gasteiger partial charge in [-0.05, 0) is 19.1 Å². The van der Waals surface area contributed by atoms with Crippen molar-refractivity contribution in [2.45, 2.75) is 6.92 Å². The van der Waals surface area contributed by atoms with Gasteiger partial charge in [-0.1, -0.05) is 0 Å². The molecule has 0 aromatic carbocycles. The first-order valence-electron chi connectivity index (χ1n) is 6.31. The number of aromatic nitrogens is 4. The number of amides is 1. The molecule has 0 saturated carbocycles. The van der Waals surface area contributed by atoms with Gasteiger partial charge in [-0.25, -0.2) is 4.98 Å². The van der Waals surface area contributed by atoms with Gasteiger partial charge < -0.3 is 5.32 Å². The second-order valence-electron chi connectivity index (χ2n) is 4.49. The van der Waals surface area contributed by atoms with Gasteiger partial charge in [0, 0.05) is 25.0 Å². The molecule has 0 aliphatic heterocycles. The van der Waals surface area contributed by atoms with Crippen LogP contribution in [-0.2, 0) is 7.05 Å². The van der Waals surface area contributed by atoms with Gasteiger partial charge in [0.15, 0.2) is 0 Å². The van der Waals surface area contributed by atoms with Crippen LogP contribution in [0.4, 0.5) is 5.69 Å². The number of nitrogens with zero attached hydrogens (tertiary/aromatic N) is 4. The summed E-state index contributed by atoms with van der Waals surface area (Å²) in [5.41, 5.74) is 2.56. The molecule has 3 aromatic heterocycles. The molecule has 3 aromatic rings. The highest BCUT2D eigenvalue weighted by Gasteiger charge is 2.14. The van der Waals surface area contributed by atoms with Gasteiger partial charge in [-0.15, -0.1) is 11.3 Å². The monoisotopic (exact) mass is 299 g/mol. The molecular weight excluding hydrogens is 286 g/mol. The van der Waals surface area contributed by atoms with E-state index in [2.05, 4.69) is 20.4 Å². The Labute approximate surface area is 125 Å². The fourth-order valence-electron chi connectivity index (χ4n) is 1.81. The fourth-order valence-corrected chi connectivity index (χ4v) is 2.63. The highest BCUT2D eigenvalue weighted by molar-refractivity contribution is 7.17. The molecule has 0 unspecified atom stereocenters. The summed E-state index contributed by atoms with van der Waals surface area (Å²) in [6.45, 7) is 1.90. The number of hydrogen-bond donors (Lipinski definition) is 1. The molecule has 0 aliphatic carbocycles. The Morgan fingerprint density at radius 1 is 1.29 bits per heavy atom. The predicted molar refractivity (Wildman–Crippen MR) is 81.2 cm³/mol. The van der Waals surface area contributed by atoms with Crippen LogP contribution in [-0.4, -0.2) is 25.7 Å². The van der Waals surface area contributed by atoms with Crippen LogP contribution in [0.15, 0.2) is 36.9 Å². The average molecular weight is 299 g/mol. The van der Waals surface area contributed by atoms with E-state index in [1.54, 1.807) is 29.5 Å². The molecular formula is C14H13N5OS. The third-order valence-electron chi connectivity index (χ3n) is 3.14. The van der Waals surface area contributed by atoms with Gasteiger partial charge in [0.1, 0.15) is 9.88 Å². The molecule has 7 heteroatoms. The van der Waals surface area contributed by atoms with Gasteiger partial charge in [-0.3, -0.25) is 14.5 Å². The lowest BCUT2D eigenvalue weighted by Gasteiger charge is -2.01. The topological polar surface area (TPSA) is 72.7 Å². The van der Waals surface area contributed by atoms with Crippen molar-refractivity contribution in [3.05, 3.63) is 47.5 Å². The van der Waals surface area contributed by atoms with E-state index < -0.39 is 0 Å². The zero-order chi connectivity index (χ0) is 14.8. The Kier molecular flexibility index (Phi) is 3.49.